The number of ether oxygens (including phenoxy) is 1. The SMILES string of the molecule is CCC(=O)Nc1ccc(OC2CCN(C(=O)Nc3cccc(C)c3C)CC2)nc1. The second-order valence-electron chi connectivity index (χ2n) is 7.27. The van der Waals surface area contributed by atoms with E-state index in [1.807, 2.05) is 36.9 Å². The Hall–Kier alpha value is -3.09. The molecule has 1 saturated heterocycles. The Morgan fingerprint density at radius 2 is 1.90 bits per heavy atom. The number of nitrogens with zero attached hydrogens (tertiary/aromatic N) is 2. The highest BCUT2D eigenvalue weighted by Crippen LogP contribution is 2.21. The first-order chi connectivity index (χ1) is 14.0. The van der Waals surface area contributed by atoms with Crippen molar-refractivity contribution in [3.8, 4) is 5.88 Å². The van der Waals surface area contributed by atoms with Crippen molar-refractivity contribution >= 4 is 23.3 Å². The van der Waals surface area contributed by atoms with Crippen molar-refractivity contribution in [1.82, 2.24) is 9.88 Å². The normalized spacial score (nSPS) is 14.4. The molecular weight excluding hydrogens is 368 g/mol. The number of rotatable bonds is 5. The van der Waals surface area contributed by atoms with Crippen molar-refractivity contribution in [3.63, 3.8) is 0 Å². The van der Waals surface area contributed by atoms with Gasteiger partial charge < -0.3 is 20.3 Å². The molecule has 0 saturated carbocycles. The minimum absolute atomic E-state index is 0.0170. The summed E-state index contributed by atoms with van der Waals surface area (Å²) in [6.07, 6.45) is 3.53. The van der Waals surface area contributed by atoms with Crippen molar-refractivity contribution in [1.29, 1.82) is 0 Å². The molecule has 2 aromatic rings. The maximum Gasteiger partial charge on any atom is 0.321 e. The van der Waals surface area contributed by atoms with E-state index >= 15 is 0 Å². The first-order valence-electron chi connectivity index (χ1n) is 10.0. The summed E-state index contributed by atoms with van der Waals surface area (Å²) in [4.78, 5) is 30.1. The van der Waals surface area contributed by atoms with Gasteiger partial charge in [-0.25, -0.2) is 9.78 Å². The third kappa shape index (κ3) is 5.47. The summed E-state index contributed by atoms with van der Waals surface area (Å²) in [5.41, 5.74) is 3.75. The van der Waals surface area contributed by atoms with E-state index in [4.69, 9.17) is 4.74 Å². The van der Waals surface area contributed by atoms with Gasteiger partial charge in [-0.1, -0.05) is 19.1 Å². The van der Waals surface area contributed by atoms with E-state index in [0.29, 0.717) is 31.1 Å². The van der Waals surface area contributed by atoms with Crippen molar-refractivity contribution in [3.05, 3.63) is 47.7 Å². The molecule has 0 spiro atoms. The van der Waals surface area contributed by atoms with E-state index < -0.39 is 0 Å². The molecule has 1 aromatic carbocycles. The second kappa shape index (κ2) is 9.41. The van der Waals surface area contributed by atoms with Crippen LogP contribution in [0.2, 0.25) is 0 Å². The van der Waals surface area contributed by atoms with E-state index in [0.717, 1.165) is 29.7 Å². The van der Waals surface area contributed by atoms with Crippen molar-refractivity contribution in [2.75, 3.05) is 23.7 Å². The second-order valence-corrected chi connectivity index (χ2v) is 7.27. The number of piperidine rings is 1. The number of nitrogens with one attached hydrogen (secondary N) is 2. The summed E-state index contributed by atoms with van der Waals surface area (Å²) in [6, 6.07) is 9.36. The number of aryl methyl sites for hydroxylation is 1. The summed E-state index contributed by atoms with van der Waals surface area (Å²) in [7, 11) is 0. The number of benzene rings is 1. The number of likely N-dealkylation sites (tertiary alicyclic amines) is 1. The lowest BCUT2D eigenvalue weighted by molar-refractivity contribution is -0.115. The Morgan fingerprint density at radius 1 is 1.14 bits per heavy atom. The van der Waals surface area contributed by atoms with Crippen LogP contribution in [0.1, 0.15) is 37.3 Å². The quantitative estimate of drug-likeness (QED) is 0.796. The van der Waals surface area contributed by atoms with Gasteiger partial charge in [-0.15, -0.1) is 0 Å². The summed E-state index contributed by atoms with van der Waals surface area (Å²) in [5.74, 6) is 0.477. The average Bonchev–Trinajstić information content (AvgIpc) is 2.73. The van der Waals surface area contributed by atoms with Gasteiger partial charge >= 0.3 is 6.03 Å². The molecule has 1 fully saturated rings. The van der Waals surface area contributed by atoms with Crippen molar-refractivity contribution < 1.29 is 14.3 Å². The molecule has 2 N–H and O–H groups in total. The number of pyridine rings is 1. The van der Waals surface area contributed by atoms with Gasteiger partial charge in [0.1, 0.15) is 6.10 Å². The lowest BCUT2D eigenvalue weighted by Gasteiger charge is -2.32. The Bertz CT molecular complexity index is 859. The monoisotopic (exact) mass is 396 g/mol. The first-order valence-corrected chi connectivity index (χ1v) is 10.0. The van der Waals surface area contributed by atoms with Crippen LogP contribution in [-0.4, -0.2) is 41.0 Å². The molecule has 0 atom stereocenters. The number of amides is 3. The zero-order valence-electron chi connectivity index (χ0n) is 17.2. The highest BCUT2D eigenvalue weighted by molar-refractivity contribution is 5.90. The van der Waals surface area contributed by atoms with E-state index in [1.54, 1.807) is 25.3 Å². The number of hydrogen-bond donors (Lipinski definition) is 2. The number of hydrogen-bond acceptors (Lipinski definition) is 4. The summed E-state index contributed by atoms with van der Waals surface area (Å²) in [6.45, 7) is 7.11. The molecule has 1 aliphatic rings. The van der Waals surface area contributed by atoms with Crippen LogP contribution in [0, 0.1) is 13.8 Å². The van der Waals surface area contributed by atoms with E-state index in [1.165, 1.54) is 0 Å². The van der Waals surface area contributed by atoms with Crippen LogP contribution >= 0.6 is 0 Å². The van der Waals surface area contributed by atoms with Crippen LogP contribution in [0.4, 0.5) is 16.2 Å². The van der Waals surface area contributed by atoms with Gasteiger partial charge in [-0.2, -0.15) is 0 Å². The van der Waals surface area contributed by atoms with Crippen molar-refractivity contribution in [2.24, 2.45) is 0 Å². The van der Waals surface area contributed by atoms with Gasteiger partial charge in [0.05, 0.1) is 11.9 Å². The molecule has 0 aliphatic carbocycles. The van der Waals surface area contributed by atoms with Gasteiger partial charge in [0.25, 0.3) is 0 Å². The zero-order valence-corrected chi connectivity index (χ0v) is 17.2. The lowest BCUT2D eigenvalue weighted by atomic mass is 10.1. The fourth-order valence-electron chi connectivity index (χ4n) is 3.20. The molecule has 29 heavy (non-hydrogen) atoms. The lowest BCUT2D eigenvalue weighted by Crippen LogP contribution is -2.43. The molecule has 0 radical (unpaired) electrons. The van der Waals surface area contributed by atoms with Crippen LogP contribution < -0.4 is 15.4 Å². The maximum atomic E-state index is 12.6. The van der Waals surface area contributed by atoms with Gasteiger partial charge in [-0.3, -0.25) is 4.79 Å². The Balaban J connectivity index is 1.48. The van der Waals surface area contributed by atoms with Crippen LogP contribution in [-0.2, 0) is 4.79 Å². The minimum Gasteiger partial charge on any atom is -0.474 e. The zero-order chi connectivity index (χ0) is 20.8. The number of aromatic nitrogens is 1. The Morgan fingerprint density at radius 3 is 2.55 bits per heavy atom. The molecule has 1 aromatic heterocycles. The largest absolute Gasteiger partial charge is 0.474 e. The van der Waals surface area contributed by atoms with Crippen LogP contribution in [0.15, 0.2) is 36.5 Å². The van der Waals surface area contributed by atoms with Gasteiger partial charge in [0.2, 0.25) is 11.8 Å². The molecular formula is C22H28N4O3. The maximum absolute atomic E-state index is 12.6. The van der Waals surface area contributed by atoms with Crippen LogP contribution in [0.3, 0.4) is 0 Å². The molecule has 154 valence electrons. The number of carbonyl (C=O) groups is 2. The summed E-state index contributed by atoms with van der Waals surface area (Å²) >= 11 is 0. The fraction of sp³-hybridized carbons (Fsp3) is 0.409. The molecule has 2 heterocycles. The topological polar surface area (TPSA) is 83.6 Å². The fourth-order valence-corrected chi connectivity index (χ4v) is 3.20. The molecule has 3 amide bonds. The highest BCUT2D eigenvalue weighted by Gasteiger charge is 2.24. The summed E-state index contributed by atoms with van der Waals surface area (Å²) in [5, 5.41) is 5.77. The molecule has 1 aliphatic heterocycles. The number of anilines is 2. The minimum atomic E-state index is -0.0775. The van der Waals surface area contributed by atoms with Gasteiger partial charge in [-0.05, 0) is 37.1 Å². The molecule has 0 bridgehead atoms. The third-order valence-corrected chi connectivity index (χ3v) is 5.20. The average molecular weight is 396 g/mol. The van der Waals surface area contributed by atoms with E-state index in [2.05, 4.69) is 15.6 Å². The van der Waals surface area contributed by atoms with Crippen LogP contribution in [0.5, 0.6) is 5.88 Å². The van der Waals surface area contributed by atoms with Crippen molar-refractivity contribution in [2.45, 2.75) is 46.1 Å². The van der Waals surface area contributed by atoms with Gasteiger partial charge in [0.15, 0.2) is 0 Å². The standard InChI is InChI=1S/C22H28N4O3/c1-4-20(27)24-17-8-9-21(23-14-17)29-18-10-12-26(13-11-18)22(28)25-19-7-5-6-15(2)16(19)3/h5-9,14,18H,4,10-13H2,1-3H3,(H,24,27)(H,25,28). The van der Waals surface area contributed by atoms with Crippen LogP contribution in [0.25, 0.3) is 0 Å². The first kappa shape index (κ1) is 20.6. The Kier molecular flexibility index (Phi) is 6.69. The third-order valence-electron chi connectivity index (χ3n) is 5.20. The van der Waals surface area contributed by atoms with Gasteiger partial charge in [0, 0.05) is 44.1 Å². The molecule has 3 rings (SSSR count). The number of carbonyl (C=O) groups excluding carboxylic acids is 2. The summed E-state index contributed by atoms with van der Waals surface area (Å²) < 4.78 is 5.94. The van der Waals surface area contributed by atoms with E-state index in [9.17, 15) is 9.59 Å². The highest BCUT2D eigenvalue weighted by atomic mass is 16.5. The van der Waals surface area contributed by atoms with E-state index in [-0.39, 0.29) is 18.0 Å². The molecule has 0 unspecified atom stereocenters. The molecule has 7 nitrogen and oxygen atoms in total. The Labute approximate surface area is 171 Å². The smallest absolute Gasteiger partial charge is 0.321 e. The number of urea groups is 1. The predicted octanol–water partition coefficient (Wildman–Crippen LogP) is 4.12. The molecule has 7 heteroatoms. The predicted molar refractivity (Wildman–Crippen MR) is 113 cm³/mol.